The third-order valence-electron chi connectivity index (χ3n) is 3.95. The van der Waals surface area contributed by atoms with Crippen molar-refractivity contribution in [1.82, 2.24) is 4.90 Å². The smallest absolute Gasteiger partial charge is 0.346 e. The van der Waals surface area contributed by atoms with Crippen LogP contribution in [0.2, 0.25) is 0 Å². The van der Waals surface area contributed by atoms with Crippen molar-refractivity contribution < 1.29 is 33.5 Å². The molecule has 1 aliphatic heterocycles. The number of nitro groups is 1. The van der Waals surface area contributed by atoms with Crippen molar-refractivity contribution in [3.63, 3.8) is 0 Å². The molecule has 1 saturated heterocycles. The molecule has 0 radical (unpaired) electrons. The van der Waals surface area contributed by atoms with Crippen molar-refractivity contribution >= 4 is 17.6 Å². The fourth-order valence-corrected chi connectivity index (χ4v) is 2.61. The van der Waals surface area contributed by atoms with Crippen LogP contribution in [0.1, 0.15) is 24.2 Å². The molecule has 2 rings (SSSR count). The first-order valence-corrected chi connectivity index (χ1v) is 8.45. The number of nitro benzene ring substituents is 1. The summed E-state index contributed by atoms with van der Waals surface area (Å²) in [4.78, 5) is 37.0. The number of benzene rings is 1. The third kappa shape index (κ3) is 4.85. The van der Waals surface area contributed by atoms with Crippen molar-refractivity contribution in [2.45, 2.75) is 20.0 Å². The van der Waals surface area contributed by atoms with Crippen LogP contribution in [0.25, 0.3) is 0 Å². The minimum Gasteiger partial charge on any atom is -0.493 e. The van der Waals surface area contributed by atoms with Gasteiger partial charge in [0.25, 0.3) is 11.6 Å². The van der Waals surface area contributed by atoms with Crippen LogP contribution < -0.4 is 9.47 Å². The predicted molar refractivity (Wildman–Crippen MR) is 93.1 cm³/mol. The summed E-state index contributed by atoms with van der Waals surface area (Å²) in [6.45, 7) is 5.04. The summed E-state index contributed by atoms with van der Waals surface area (Å²) >= 11 is 0. The highest BCUT2D eigenvalue weighted by Crippen LogP contribution is 2.35. The molecule has 1 aromatic carbocycles. The van der Waals surface area contributed by atoms with Crippen LogP contribution in [-0.2, 0) is 14.3 Å². The van der Waals surface area contributed by atoms with Gasteiger partial charge < -0.3 is 23.8 Å². The maximum Gasteiger partial charge on any atom is 0.346 e. The molecule has 10 heteroatoms. The van der Waals surface area contributed by atoms with E-state index in [1.54, 1.807) is 6.92 Å². The van der Waals surface area contributed by atoms with E-state index in [0.29, 0.717) is 26.3 Å². The van der Waals surface area contributed by atoms with E-state index in [4.69, 9.17) is 18.9 Å². The van der Waals surface area contributed by atoms with Gasteiger partial charge in [-0.15, -0.1) is 0 Å². The van der Waals surface area contributed by atoms with Gasteiger partial charge in [0, 0.05) is 19.2 Å². The molecule has 0 aliphatic carbocycles. The quantitative estimate of drug-likeness (QED) is 0.395. The average molecular weight is 382 g/mol. The van der Waals surface area contributed by atoms with Crippen LogP contribution in [0, 0.1) is 10.1 Å². The molecule has 0 bridgehead atoms. The van der Waals surface area contributed by atoms with Gasteiger partial charge in [0.2, 0.25) is 0 Å². The van der Waals surface area contributed by atoms with Gasteiger partial charge in [0.15, 0.2) is 17.6 Å². The Morgan fingerprint density at radius 2 is 1.96 bits per heavy atom. The van der Waals surface area contributed by atoms with Gasteiger partial charge in [-0.05, 0) is 13.8 Å². The number of rotatable bonds is 7. The van der Waals surface area contributed by atoms with E-state index in [1.807, 2.05) is 0 Å². The molecular weight excluding hydrogens is 360 g/mol. The molecule has 0 aromatic heterocycles. The van der Waals surface area contributed by atoms with Crippen molar-refractivity contribution in [2.24, 2.45) is 0 Å². The summed E-state index contributed by atoms with van der Waals surface area (Å²) < 4.78 is 20.8. The minimum atomic E-state index is -1.09. The first-order valence-electron chi connectivity index (χ1n) is 8.45. The number of ether oxygens (including phenoxy) is 4. The lowest BCUT2D eigenvalue weighted by atomic mass is 10.1. The molecule has 1 fully saturated rings. The molecule has 148 valence electrons. The fraction of sp³-hybridized carbons (Fsp3) is 0.529. The SMILES string of the molecule is CCOc1cc(C(=O)OC(C)C(=O)N2CCOCC2)c([N+](=O)[O-])cc1OC. The summed E-state index contributed by atoms with van der Waals surface area (Å²) in [6, 6.07) is 2.28. The molecule has 10 nitrogen and oxygen atoms in total. The van der Waals surface area contributed by atoms with Gasteiger partial charge in [-0.3, -0.25) is 14.9 Å². The molecule has 0 spiro atoms. The number of esters is 1. The lowest BCUT2D eigenvalue weighted by Crippen LogP contribution is -2.46. The molecular formula is C17H22N2O8. The molecule has 1 unspecified atom stereocenters. The van der Waals surface area contributed by atoms with Crippen LogP contribution in [0.15, 0.2) is 12.1 Å². The standard InChI is InChI=1S/C17H22N2O8/c1-4-26-15-9-12(13(19(22)23)10-14(15)24-3)17(21)27-11(2)16(20)18-5-7-25-8-6-18/h9-11H,4-8H2,1-3H3. The number of nitrogens with zero attached hydrogens (tertiary/aromatic N) is 2. The Morgan fingerprint density at radius 3 is 2.52 bits per heavy atom. The van der Waals surface area contributed by atoms with Crippen molar-refractivity contribution in [2.75, 3.05) is 40.0 Å². The Morgan fingerprint density at radius 1 is 1.30 bits per heavy atom. The molecule has 0 saturated carbocycles. The van der Waals surface area contributed by atoms with E-state index in [9.17, 15) is 19.7 Å². The summed E-state index contributed by atoms with van der Waals surface area (Å²) in [5.41, 5.74) is -0.808. The molecule has 1 aromatic rings. The summed E-state index contributed by atoms with van der Waals surface area (Å²) in [6.07, 6.45) is -1.09. The lowest BCUT2D eigenvalue weighted by Gasteiger charge is -2.28. The Hall–Kier alpha value is -2.88. The van der Waals surface area contributed by atoms with Crippen LogP contribution in [0.5, 0.6) is 11.5 Å². The Balaban J connectivity index is 2.24. The van der Waals surface area contributed by atoms with Gasteiger partial charge in [0.05, 0.1) is 37.9 Å². The lowest BCUT2D eigenvalue weighted by molar-refractivity contribution is -0.385. The monoisotopic (exact) mass is 382 g/mol. The Bertz CT molecular complexity index is 715. The maximum absolute atomic E-state index is 12.5. The highest BCUT2D eigenvalue weighted by molar-refractivity contribution is 5.96. The Labute approximate surface area is 156 Å². The van der Waals surface area contributed by atoms with Crippen molar-refractivity contribution in [3.8, 4) is 11.5 Å². The number of amides is 1. The van der Waals surface area contributed by atoms with Crippen LogP contribution in [0.4, 0.5) is 5.69 Å². The number of hydrogen-bond donors (Lipinski definition) is 0. The molecule has 0 N–H and O–H groups in total. The molecule has 1 atom stereocenters. The van der Waals surface area contributed by atoms with E-state index in [-0.39, 0.29) is 29.6 Å². The van der Waals surface area contributed by atoms with E-state index < -0.39 is 22.7 Å². The highest BCUT2D eigenvalue weighted by Gasteiger charge is 2.30. The molecule has 1 heterocycles. The van der Waals surface area contributed by atoms with Crippen molar-refractivity contribution in [3.05, 3.63) is 27.8 Å². The fourth-order valence-electron chi connectivity index (χ4n) is 2.61. The van der Waals surface area contributed by atoms with Gasteiger partial charge in [0.1, 0.15) is 5.56 Å². The summed E-state index contributed by atoms with van der Waals surface area (Å²) in [5.74, 6) is -1.07. The summed E-state index contributed by atoms with van der Waals surface area (Å²) in [7, 11) is 1.34. The number of carbonyl (C=O) groups excluding carboxylic acids is 2. The van der Waals surface area contributed by atoms with E-state index in [2.05, 4.69) is 0 Å². The number of carbonyl (C=O) groups is 2. The number of hydrogen-bond acceptors (Lipinski definition) is 8. The van der Waals surface area contributed by atoms with Crippen LogP contribution in [-0.4, -0.2) is 67.8 Å². The second-order valence-electron chi connectivity index (χ2n) is 5.70. The van der Waals surface area contributed by atoms with Crippen molar-refractivity contribution in [1.29, 1.82) is 0 Å². The number of methoxy groups -OCH3 is 1. The summed E-state index contributed by atoms with van der Waals surface area (Å²) in [5, 5.41) is 11.3. The van der Waals surface area contributed by atoms with Gasteiger partial charge >= 0.3 is 5.97 Å². The van der Waals surface area contributed by atoms with Gasteiger partial charge in [-0.25, -0.2) is 4.79 Å². The molecule has 1 aliphatic rings. The molecule has 1 amide bonds. The van der Waals surface area contributed by atoms with Gasteiger partial charge in [-0.2, -0.15) is 0 Å². The minimum absolute atomic E-state index is 0.123. The van der Waals surface area contributed by atoms with Crippen LogP contribution in [0.3, 0.4) is 0 Å². The molecule has 27 heavy (non-hydrogen) atoms. The third-order valence-corrected chi connectivity index (χ3v) is 3.95. The zero-order valence-corrected chi connectivity index (χ0v) is 15.4. The topological polar surface area (TPSA) is 117 Å². The maximum atomic E-state index is 12.5. The number of morpholine rings is 1. The second-order valence-corrected chi connectivity index (χ2v) is 5.70. The van der Waals surface area contributed by atoms with Gasteiger partial charge in [-0.1, -0.05) is 0 Å². The Kier molecular flexibility index (Phi) is 6.94. The first kappa shape index (κ1) is 20.4. The van der Waals surface area contributed by atoms with Crippen LogP contribution >= 0.6 is 0 Å². The normalized spacial score (nSPS) is 15.0. The van der Waals surface area contributed by atoms with E-state index in [0.717, 1.165) is 6.07 Å². The zero-order chi connectivity index (χ0) is 20.0. The second kappa shape index (κ2) is 9.17. The predicted octanol–water partition coefficient (Wildman–Crippen LogP) is 1.41. The average Bonchev–Trinajstić information content (AvgIpc) is 2.67. The van der Waals surface area contributed by atoms with E-state index in [1.165, 1.54) is 25.0 Å². The first-order chi connectivity index (χ1) is 12.9. The largest absolute Gasteiger partial charge is 0.493 e. The zero-order valence-electron chi connectivity index (χ0n) is 15.4. The highest BCUT2D eigenvalue weighted by atomic mass is 16.6. The van der Waals surface area contributed by atoms with E-state index >= 15 is 0 Å².